The Hall–Kier alpha value is 0.140. The molecule has 1 rings (SSSR count). The van der Waals surface area contributed by atoms with Crippen molar-refractivity contribution in [2.45, 2.75) is 3.79 Å². The minimum absolute atomic E-state index is 0.153. The van der Waals surface area contributed by atoms with E-state index in [1.165, 1.54) is 18.2 Å². The van der Waals surface area contributed by atoms with Gasteiger partial charge in [-0.3, -0.25) is 0 Å². The fourth-order valence-electron chi connectivity index (χ4n) is 0.705. The fraction of sp³-hybridized carbons (Fsp3) is 0.125. The highest BCUT2D eigenvalue weighted by atomic mass is 35.6. The molecule has 15 heavy (non-hydrogen) atoms. The molecule has 82 valence electrons. The lowest BCUT2D eigenvalue weighted by Crippen LogP contribution is -2.24. The molecule has 0 aliphatic rings. The number of hydrogen-bond acceptors (Lipinski definition) is 2. The third kappa shape index (κ3) is 3.89. The van der Waals surface area contributed by atoms with E-state index in [2.05, 4.69) is 0 Å². The molecular weight excluding hydrogens is 305 g/mol. The van der Waals surface area contributed by atoms with Gasteiger partial charge >= 0.3 is 5.97 Å². The number of rotatable bonds is 1. The topological polar surface area (TPSA) is 26.3 Å². The van der Waals surface area contributed by atoms with Gasteiger partial charge in [0.15, 0.2) is 0 Å². The van der Waals surface area contributed by atoms with Crippen LogP contribution in [0.2, 0.25) is 10.0 Å². The Morgan fingerprint density at radius 2 is 1.73 bits per heavy atom. The molecule has 0 saturated heterocycles. The van der Waals surface area contributed by atoms with Crippen molar-refractivity contribution in [2.24, 2.45) is 0 Å². The number of halogens is 5. The van der Waals surface area contributed by atoms with Crippen LogP contribution in [0, 0.1) is 0 Å². The molecule has 0 radical (unpaired) electrons. The highest BCUT2D eigenvalue weighted by Crippen LogP contribution is 2.31. The van der Waals surface area contributed by atoms with Crippen molar-refractivity contribution in [3.8, 4) is 5.75 Å². The Labute approximate surface area is 111 Å². The molecule has 0 aliphatic carbocycles. The molecule has 0 aliphatic heterocycles. The molecule has 0 aromatic heterocycles. The van der Waals surface area contributed by atoms with Crippen LogP contribution < -0.4 is 4.74 Å². The Bertz CT molecular complexity index is 385. The van der Waals surface area contributed by atoms with Gasteiger partial charge in [-0.25, -0.2) is 4.79 Å². The van der Waals surface area contributed by atoms with E-state index in [9.17, 15) is 4.79 Å². The van der Waals surface area contributed by atoms with Crippen LogP contribution in [0.4, 0.5) is 0 Å². The number of carbonyl (C=O) groups excluding carboxylic acids is 1. The summed E-state index contributed by atoms with van der Waals surface area (Å²) in [5, 5.41) is 0.580. The Morgan fingerprint density at radius 1 is 1.13 bits per heavy atom. The van der Waals surface area contributed by atoms with E-state index in [1.807, 2.05) is 0 Å². The third-order valence-electron chi connectivity index (χ3n) is 1.33. The number of alkyl halides is 3. The van der Waals surface area contributed by atoms with E-state index in [0.717, 1.165) is 0 Å². The lowest BCUT2D eigenvalue weighted by molar-refractivity contribution is -0.133. The van der Waals surface area contributed by atoms with E-state index in [0.29, 0.717) is 5.02 Å². The number of carbonyl (C=O) groups is 1. The predicted octanol–water partition coefficient (Wildman–Crippen LogP) is 4.27. The second kappa shape index (κ2) is 4.98. The summed E-state index contributed by atoms with van der Waals surface area (Å²) in [6, 6.07) is 4.24. The largest absolute Gasteiger partial charge is 0.423 e. The highest BCUT2D eigenvalue weighted by Gasteiger charge is 2.33. The summed E-state index contributed by atoms with van der Waals surface area (Å²) in [6.45, 7) is 0. The first kappa shape index (κ1) is 13.2. The minimum Gasteiger partial charge on any atom is -0.423 e. The first-order chi connectivity index (χ1) is 6.80. The van der Waals surface area contributed by atoms with Crippen LogP contribution >= 0.6 is 58.0 Å². The van der Waals surface area contributed by atoms with Gasteiger partial charge in [-0.1, -0.05) is 58.0 Å². The average molecular weight is 308 g/mol. The standard InChI is InChI=1S/C8H3Cl5O2/c9-5-2-1-4(3-6(5)10)15-7(14)8(11,12)13/h1-3H. The molecule has 0 N–H and O–H groups in total. The summed E-state index contributed by atoms with van der Waals surface area (Å²) in [7, 11) is 0. The average Bonchev–Trinajstić information content (AvgIpc) is 2.10. The van der Waals surface area contributed by atoms with Crippen molar-refractivity contribution in [2.75, 3.05) is 0 Å². The molecule has 1 aromatic rings. The highest BCUT2D eigenvalue weighted by molar-refractivity contribution is 6.75. The Balaban J connectivity index is 2.83. The van der Waals surface area contributed by atoms with Crippen LogP contribution in [0.1, 0.15) is 0 Å². The second-order valence-corrected chi connectivity index (χ2v) is 5.56. The molecule has 0 bridgehead atoms. The molecule has 0 fully saturated rings. The third-order valence-corrected chi connectivity index (χ3v) is 2.54. The molecule has 0 amide bonds. The van der Waals surface area contributed by atoms with Crippen LogP contribution in [0.15, 0.2) is 18.2 Å². The number of ether oxygens (including phenoxy) is 1. The van der Waals surface area contributed by atoms with Crippen molar-refractivity contribution >= 4 is 64.0 Å². The molecule has 2 nitrogen and oxygen atoms in total. The van der Waals surface area contributed by atoms with Crippen molar-refractivity contribution in [3.63, 3.8) is 0 Å². The fourth-order valence-corrected chi connectivity index (χ4v) is 1.11. The maximum absolute atomic E-state index is 11.1. The SMILES string of the molecule is O=C(Oc1ccc(Cl)c(Cl)c1)C(Cl)(Cl)Cl. The summed E-state index contributed by atoms with van der Waals surface area (Å²) in [6.07, 6.45) is 0. The van der Waals surface area contributed by atoms with E-state index in [4.69, 9.17) is 62.7 Å². The van der Waals surface area contributed by atoms with Gasteiger partial charge in [-0.2, -0.15) is 0 Å². The van der Waals surface area contributed by atoms with Gasteiger partial charge in [0.2, 0.25) is 0 Å². The number of esters is 1. The van der Waals surface area contributed by atoms with Gasteiger partial charge < -0.3 is 4.74 Å². The van der Waals surface area contributed by atoms with Gasteiger partial charge in [-0.05, 0) is 12.1 Å². The first-order valence-corrected chi connectivity index (χ1v) is 5.44. The Morgan fingerprint density at radius 3 is 2.20 bits per heavy atom. The van der Waals surface area contributed by atoms with Crippen LogP contribution in [0.3, 0.4) is 0 Å². The van der Waals surface area contributed by atoms with Crippen molar-refractivity contribution in [1.82, 2.24) is 0 Å². The lowest BCUT2D eigenvalue weighted by Gasteiger charge is -2.10. The Kier molecular flexibility index (Phi) is 4.38. The van der Waals surface area contributed by atoms with Gasteiger partial charge in [0.1, 0.15) is 5.75 Å². The zero-order valence-electron chi connectivity index (χ0n) is 6.94. The predicted molar refractivity (Wildman–Crippen MR) is 62.4 cm³/mol. The summed E-state index contributed by atoms with van der Waals surface area (Å²) in [5.74, 6) is -0.855. The molecule has 0 heterocycles. The van der Waals surface area contributed by atoms with E-state index >= 15 is 0 Å². The van der Waals surface area contributed by atoms with Crippen LogP contribution in [0.25, 0.3) is 0 Å². The molecule has 0 atom stereocenters. The molecule has 0 saturated carbocycles. The van der Waals surface area contributed by atoms with Gasteiger partial charge in [0.05, 0.1) is 10.0 Å². The number of benzene rings is 1. The van der Waals surface area contributed by atoms with Crippen molar-refractivity contribution < 1.29 is 9.53 Å². The summed E-state index contributed by atoms with van der Waals surface area (Å²) >= 11 is 27.3. The summed E-state index contributed by atoms with van der Waals surface area (Å²) in [5.41, 5.74) is 0. The first-order valence-electron chi connectivity index (χ1n) is 3.55. The summed E-state index contributed by atoms with van der Waals surface area (Å²) < 4.78 is 2.62. The van der Waals surface area contributed by atoms with Gasteiger partial charge in [-0.15, -0.1) is 0 Å². The zero-order chi connectivity index (χ0) is 11.6. The maximum Gasteiger partial charge on any atom is 0.363 e. The van der Waals surface area contributed by atoms with Crippen LogP contribution in [-0.2, 0) is 4.79 Å². The molecule has 7 heteroatoms. The molecule has 0 spiro atoms. The second-order valence-electron chi connectivity index (χ2n) is 2.46. The smallest absolute Gasteiger partial charge is 0.363 e. The normalized spacial score (nSPS) is 11.3. The summed E-state index contributed by atoms with van der Waals surface area (Å²) in [4.78, 5) is 11.1. The lowest BCUT2D eigenvalue weighted by atomic mass is 10.3. The van der Waals surface area contributed by atoms with Crippen LogP contribution in [-0.4, -0.2) is 9.76 Å². The molecule has 0 unspecified atom stereocenters. The minimum atomic E-state index is -2.12. The number of hydrogen-bond donors (Lipinski definition) is 0. The van der Waals surface area contributed by atoms with Gasteiger partial charge in [0.25, 0.3) is 3.79 Å². The molecule has 1 aromatic carbocycles. The van der Waals surface area contributed by atoms with Gasteiger partial charge in [0, 0.05) is 6.07 Å². The van der Waals surface area contributed by atoms with E-state index in [-0.39, 0.29) is 10.8 Å². The zero-order valence-corrected chi connectivity index (χ0v) is 10.7. The monoisotopic (exact) mass is 306 g/mol. The van der Waals surface area contributed by atoms with E-state index in [1.54, 1.807) is 0 Å². The van der Waals surface area contributed by atoms with Crippen molar-refractivity contribution in [1.29, 1.82) is 0 Å². The quantitative estimate of drug-likeness (QED) is 0.440. The van der Waals surface area contributed by atoms with Crippen molar-refractivity contribution in [3.05, 3.63) is 28.2 Å². The maximum atomic E-state index is 11.1. The van der Waals surface area contributed by atoms with E-state index < -0.39 is 9.76 Å². The van der Waals surface area contributed by atoms with Crippen LogP contribution in [0.5, 0.6) is 5.75 Å². The molecular formula is C8H3Cl5O2.